The van der Waals surface area contributed by atoms with Crippen LogP contribution in [0, 0.1) is 24.7 Å². The smallest absolute Gasteiger partial charge is 0.0611 e. The van der Waals surface area contributed by atoms with Crippen molar-refractivity contribution in [3.8, 4) is 0 Å². The Labute approximate surface area is 104 Å². The van der Waals surface area contributed by atoms with Gasteiger partial charge in [-0.3, -0.25) is 0 Å². The topological polar surface area (TPSA) is 20.2 Å². The van der Waals surface area contributed by atoms with Gasteiger partial charge in [0.1, 0.15) is 0 Å². The average Bonchev–Trinajstić information content (AvgIpc) is 2.94. The van der Waals surface area contributed by atoms with Crippen LogP contribution in [0.15, 0.2) is 24.3 Å². The van der Waals surface area contributed by atoms with Gasteiger partial charge in [0.05, 0.1) is 6.10 Å². The third-order valence-corrected chi connectivity index (χ3v) is 4.98. The zero-order valence-corrected chi connectivity index (χ0v) is 10.6. The van der Waals surface area contributed by atoms with E-state index in [0.29, 0.717) is 5.92 Å². The Morgan fingerprint density at radius 3 is 2.71 bits per heavy atom. The molecule has 1 N–H and O–H groups in total. The Kier molecular flexibility index (Phi) is 2.96. The van der Waals surface area contributed by atoms with Gasteiger partial charge >= 0.3 is 0 Å². The molecule has 2 bridgehead atoms. The highest BCUT2D eigenvalue weighted by Crippen LogP contribution is 2.49. The third kappa shape index (κ3) is 2.13. The number of aliphatic hydroxyl groups excluding tert-OH is 1. The summed E-state index contributed by atoms with van der Waals surface area (Å²) in [4.78, 5) is 0. The van der Waals surface area contributed by atoms with E-state index in [9.17, 15) is 5.11 Å². The summed E-state index contributed by atoms with van der Waals surface area (Å²) < 4.78 is 0. The van der Waals surface area contributed by atoms with E-state index in [4.69, 9.17) is 0 Å². The van der Waals surface area contributed by atoms with Crippen LogP contribution in [0.5, 0.6) is 0 Å². The highest BCUT2D eigenvalue weighted by Gasteiger charge is 2.42. The second-order valence-electron chi connectivity index (χ2n) is 6.04. The van der Waals surface area contributed by atoms with Crippen molar-refractivity contribution in [3.63, 3.8) is 0 Å². The van der Waals surface area contributed by atoms with Gasteiger partial charge in [-0.15, -0.1) is 0 Å². The van der Waals surface area contributed by atoms with Crippen molar-refractivity contribution in [3.05, 3.63) is 35.4 Å². The Bertz CT molecular complexity index is 398. The molecule has 4 atom stereocenters. The maximum absolute atomic E-state index is 10.4. The van der Waals surface area contributed by atoms with Crippen LogP contribution in [0.3, 0.4) is 0 Å². The number of fused-ring (bicyclic) bond motifs is 2. The number of aliphatic hydroxyl groups is 1. The SMILES string of the molecule is Cc1ccccc1CC(O)C1CC2CCC1C2. The van der Waals surface area contributed by atoms with E-state index in [-0.39, 0.29) is 6.10 Å². The average molecular weight is 230 g/mol. The highest BCUT2D eigenvalue weighted by molar-refractivity contribution is 5.26. The molecule has 0 amide bonds. The van der Waals surface area contributed by atoms with E-state index < -0.39 is 0 Å². The summed E-state index contributed by atoms with van der Waals surface area (Å²) in [7, 11) is 0. The molecular weight excluding hydrogens is 208 g/mol. The molecule has 4 unspecified atom stereocenters. The van der Waals surface area contributed by atoms with Gasteiger partial charge in [-0.1, -0.05) is 30.7 Å². The fourth-order valence-electron chi connectivity index (χ4n) is 3.98. The summed E-state index contributed by atoms with van der Waals surface area (Å²) in [5, 5.41) is 10.4. The van der Waals surface area contributed by atoms with Crippen molar-refractivity contribution in [1.29, 1.82) is 0 Å². The molecule has 0 aliphatic heterocycles. The van der Waals surface area contributed by atoms with Crippen molar-refractivity contribution in [2.24, 2.45) is 17.8 Å². The van der Waals surface area contributed by atoms with Gasteiger partial charge in [0.25, 0.3) is 0 Å². The normalized spacial score (nSPS) is 32.9. The summed E-state index contributed by atoms with van der Waals surface area (Å²) >= 11 is 0. The van der Waals surface area contributed by atoms with E-state index in [1.54, 1.807) is 0 Å². The first-order chi connectivity index (χ1) is 8.24. The van der Waals surface area contributed by atoms with Gasteiger partial charge in [-0.05, 0) is 61.5 Å². The summed E-state index contributed by atoms with van der Waals surface area (Å²) in [5.41, 5.74) is 2.64. The van der Waals surface area contributed by atoms with Gasteiger partial charge < -0.3 is 5.11 Å². The summed E-state index contributed by atoms with van der Waals surface area (Å²) in [6.45, 7) is 2.14. The Morgan fingerprint density at radius 1 is 1.24 bits per heavy atom. The fourth-order valence-corrected chi connectivity index (χ4v) is 3.98. The predicted octanol–water partition coefficient (Wildman–Crippen LogP) is 3.33. The Morgan fingerprint density at radius 2 is 2.06 bits per heavy atom. The van der Waals surface area contributed by atoms with Crippen LogP contribution in [0.25, 0.3) is 0 Å². The number of benzene rings is 1. The van der Waals surface area contributed by atoms with Crippen LogP contribution >= 0.6 is 0 Å². The van der Waals surface area contributed by atoms with E-state index in [0.717, 1.165) is 18.3 Å². The molecule has 1 aromatic rings. The molecule has 2 aliphatic rings. The molecule has 2 saturated carbocycles. The van der Waals surface area contributed by atoms with E-state index in [1.165, 1.54) is 36.8 Å². The Hall–Kier alpha value is -0.820. The maximum atomic E-state index is 10.4. The molecule has 0 saturated heterocycles. The van der Waals surface area contributed by atoms with Crippen molar-refractivity contribution >= 4 is 0 Å². The zero-order chi connectivity index (χ0) is 11.8. The van der Waals surface area contributed by atoms with E-state index in [1.807, 2.05) is 0 Å². The van der Waals surface area contributed by atoms with Crippen LogP contribution in [0.2, 0.25) is 0 Å². The molecule has 2 fully saturated rings. The van der Waals surface area contributed by atoms with Crippen molar-refractivity contribution < 1.29 is 5.11 Å². The lowest BCUT2D eigenvalue weighted by molar-refractivity contribution is 0.0749. The molecule has 1 heteroatoms. The second kappa shape index (κ2) is 4.45. The Balaban J connectivity index is 1.68. The van der Waals surface area contributed by atoms with E-state index in [2.05, 4.69) is 31.2 Å². The number of aryl methyl sites for hydroxylation is 1. The lowest BCUT2D eigenvalue weighted by Gasteiger charge is -2.27. The number of hydrogen-bond donors (Lipinski definition) is 1. The summed E-state index contributed by atoms with van der Waals surface area (Å²) in [6.07, 6.45) is 6.16. The third-order valence-electron chi connectivity index (χ3n) is 4.98. The standard InChI is InChI=1S/C16H22O/c1-11-4-2-3-5-13(11)10-16(17)15-9-12-6-7-14(15)8-12/h2-5,12,14-17H,6-10H2,1H3. The molecule has 3 rings (SSSR count). The van der Waals surface area contributed by atoms with Crippen LogP contribution in [-0.2, 0) is 6.42 Å². The minimum Gasteiger partial charge on any atom is -0.392 e. The first-order valence-corrected chi connectivity index (χ1v) is 6.96. The van der Waals surface area contributed by atoms with Crippen molar-refractivity contribution in [1.82, 2.24) is 0 Å². The molecular formula is C16H22O. The van der Waals surface area contributed by atoms with Gasteiger partial charge in [0, 0.05) is 0 Å². The first kappa shape index (κ1) is 11.3. The summed E-state index contributed by atoms with van der Waals surface area (Å²) in [5.74, 6) is 2.32. The highest BCUT2D eigenvalue weighted by atomic mass is 16.3. The van der Waals surface area contributed by atoms with Gasteiger partial charge in [-0.25, -0.2) is 0 Å². The first-order valence-electron chi connectivity index (χ1n) is 6.96. The lowest BCUT2D eigenvalue weighted by atomic mass is 9.82. The molecule has 1 aromatic carbocycles. The minimum atomic E-state index is -0.119. The quantitative estimate of drug-likeness (QED) is 0.844. The number of hydrogen-bond acceptors (Lipinski definition) is 1. The van der Waals surface area contributed by atoms with Crippen LogP contribution in [0.4, 0.5) is 0 Å². The van der Waals surface area contributed by atoms with Gasteiger partial charge in [0.15, 0.2) is 0 Å². The predicted molar refractivity (Wildman–Crippen MR) is 69.8 cm³/mol. The zero-order valence-electron chi connectivity index (χ0n) is 10.6. The molecule has 1 nitrogen and oxygen atoms in total. The molecule has 0 radical (unpaired) electrons. The largest absolute Gasteiger partial charge is 0.392 e. The molecule has 17 heavy (non-hydrogen) atoms. The number of rotatable bonds is 3. The molecule has 0 aromatic heterocycles. The second-order valence-corrected chi connectivity index (χ2v) is 6.04. The lowest BCUT2D eigenvalue weighted by Crippen LogP contribution is -2.27. The monoisotopic (exact) mass is 230 g/mol. The van der Waals surface area contributed by atoms with E-state index >= 15 is 0 Å². The maximum Gasteiger partial charge on any atom is 0.0611 e. The fraction of sp³-hybridized carbons (Fsp3) is 0.625. The van der Waals surface area contributed by atoms with Crippen LogP contribution < -0.4 is 0 Å². The van der Waals surface area contributed by atoms with Crippen LogP contribution in [0.1, 0.15) is 36.8 Å². The van der Waals surface area contributed by atoms with Crippen molar-refractivity contribution in [2.75, 3.05) is 0 Å². The summed E-state index contributed by atoms with van der Waals surface area (Å²) in [6, 6.07) is 8.45. The van der Waals surface area contributed by atoms with Crippen molar-refractivity contribution in [2.45, 2.75) is 45.1 Å². The molecule has 92 valence electrons. The molecule has 0 heterocycles. The van der Waals surface area contributed by atoms with Gasteiger partial charge in [-0.2, -0.15) is 0 Å². The van der Waals surface area contributed by atoms with Gasteiger partial charge in [0.2, 0.25) is 0 Å². The van der Waals surface area contributed by atoms with Crippen LogP contribution in [-0.4, -0.2) is 11.2 Å². The minimum absolute atomic E-state index is 0.119. The molecule has 2 aliphatic carbocycles. The molecule has 0 spiro atoms.